The third-order valence-electron chi connectivity index (χ3n) is 4.54. The number of hydrogen-bond acceptors (Lipinski definition) is 3. The predicted molar refractivity (Wildman–Crippen MR) is 93.7 cm³/mol. The Balaban J connectivity index is 1.80. The summed E-state index contributed by atoms with van der Waals surface area (Å²) in [5, 5.41) is 7.66. The number of aryl methyl sites for hydroxylation is 1. The minimum Gasteiger partial charge on any atom is -0.349 e. The van der Waals surface area contributed by atoms with Gasteiger partial charge in [0.25, 0.3) is 5.91 Å². The largest absolute Gasteiger partial charge is 0.349 e. The van der Waals surface area contributed by atoms with Gasteiger partial charge in [0, 0.05) is 23.9 Å². The Hall–Kier alpha value is -2.43. The van der Waals surface area contributed by atoms with Crippen molar-refractivity contribution in [1.29, 1.82) is 0 Å². The van der Waals surface area contributed by atoms with Crippen molar-refractivity contribution in [1.82, 2.24) is 20.1 Å². The van der Waals surface area contributed by atoms with Crippen LogP contribution >= 0.6 is 0 Å². The average molecular weight is 322 g/mol. The molecule has 4 rings (SSSR count). The van der Waals surface area contributed by atoms with Crippen LogP contribution in [0, 0.1) is 5.41 Å². The molecule has 0 fully saturated rings. The van der Waals surface area contributed by atoms with Gasteiger partial charge in [0.1, 0.15) is 5.69 Å². The second-order valence-electron chi connectivity index (χ2n) is 7.62. The molecule has 24 heavy (non-hydrogen) atoms. The van der Waals surface area contributed by atoms with E-state index in [1.807, 2.05) is 10.9 Å². The van der Waals surface area contributed by atoms with Crippen LogP contribution in [0.15, 0.2) is 18.3 Å². The Morgan fingerprint density at radius 1 is 1.29 bits per heavy atom. The van der Waals surface area contributed by atoms with Gasteiger partial charge in [0.05, 0.1) is 17.9 Å². The maximum absolute atomic E-state index is 12.2. The fourth-order valence-electron chi connectivity index (χ4n) is 3.33. The Labute approximate surface area is 141 Å². The molecule has 2 aromatic heterocycles. The van der Waals surface area contributed by atoms with Crippen molar-refractivity contribution < 1.29 is 4.79 Å². The molecule has 0 unspecified atom stereocenters. The maximum atomic E-state index is 12.2. The zero-order valence-electron chi connectivity index (χ0n) is 14.4. The zero-order chi connectivity index (χ0) is 16.9. The minimum absolute atomic E-state index is 0.000331. The summed E-state index contributed by atoms with van der Waals surface area (Å²) in [5.41, 5.74) is 6.17. The molecule has 0 atom stereocenters. The van der Waals surface area contributed by atoms with Gasteiger partial charge in [-0.05, 0) is 36.0 Å². The Morgan fingerprint density at radius 2 is 2.12 bits per heavy atom. The van der Waals surface area contributed by atoms with E-state index < -0.39 is 0 Å². The molecular weight excluding hydrogens is 300 g/mol. The molecule has 1 aliphatic heterocycles. The number of nitrogens with zero attached hydrogens (tertiary/aromatic N) is 3. The molecule has 0 saturated carbocycles. The van der Waals surface area contributed by atoms with Gasteiger partial charge in [0.15, 0.2) is 0 Å². The first-order valence-corrected chi connectivity index (χ1v) is 8.49. The summed E-state index contributed by atoms with van der Waals surface area (Å²) in [6.07, 6.45) is 7.95. The summed E-state index contributed by atoms with van der Waals surface area (Å²) in [6, 6.07) is 2.10. The summed E-state index contributed by atoms with van der Waals surface area (Å²) in [4.78, 5) is 16.8. The molecular formula is C19H22N4O. The Morgan fingerprint density at radius 3 is 2.92 bits per heavy atom. The van der Waals surface area contributed by atoms with Crippen LogP contribution < -0.4 is 5.32 Å². The number of hydrogen-bond donors (Lipinski definition) is 1. The SMILES string of the molecule is CC(C)(C)/C=C/c1cc2c(cn1)CCc1c-2nn2c1C(=O)NCC2. The van der Waals surface area contributed by atoms with Gasteiger partial charge in [-0.2, -0.15) is 5.10 Å². The van der Waals surface area contributed by atoms with Crippen molar-refractivity contribution in [2.75, 3.05) is 6.54 Å². The van der Waals surface area contributed by atoms with Crippen LogP contribution in [0.5, 0.6) is 0 Å². The second kappa shape index (κ2) is 5.30. The van der Waals surface area contributed by atoms with Gasteiger partial charge in [-0.3, -0.25) is 14.5 Å². The van der Waals surface area contributed by atoms with Gasteiger partial charge < -0.3 is 5.32 Å². The normalized spacial score (nSPS) is 16.5. The Kier molecular flexibility index (Phi) is 3.34. The first-order chi connectivity index (χ1) is 11.4. The standard InChI is InChI=1S/C19H22N4O/c1-19(2,3)7-6-13-10-15-12(11-21-13)4-5-14-16(15)22-23-9-8-20-18(24)17(14)23/h6-7,10-11H,4-5,8-9H2,1-3H3,(H,20,24)/b7-6+. The van der Waals surface area contributed by atoms with Crippen LogP contribution in [0.4, 0.5) is 0 Å². The smallest absolute Gasteiger partial charge is 0.269 e. The highest BCUT2D eigenvalue weighted by Crippen LogP contribution is 2.35. The minimum atomic E-state index is 0.000331. The molecule has 0 spiro atoms. The zero-order valence-corrected chi connectivity index (χ0v) is 14.4. The number of aromatic nitrogens is 3. The molecule has 2 aromatic rings. The fraction of sp³-hybridized carbons (Fsp3) is 0.421. The van der Waals surface area contributed by atoms with Gasteiger partial charge in [-0.15, -0.1) is 0 Å². The van der Waals surface area contributed by atoms with Crippen molar-refractivity contribution in [2.45, 2.75) is 40.2 Å². The topological polar surface area (TPSA) is 59.8 Å². The third kappa shape index (κ3) is 2.54. The lowest BCUT2D eigenvalue weighted by Gasteiger charge is -2.17. The van der Waals surface area contributed by atoms with Crippen LogP contribution in [0.2, 0.25) is 0 Å². The molecule has 5 heteroatoms. The van der Waals surface area contributed by atoms with E-state index in [0.717, 1.165) is 47.6 Å². The summed E-state index contributed by atoms with van der Waals surface area (Å²) in [6.45, 7) is 7.90. The number of allylic oxidation sites excluding steroid dienone is 1. The van der Waals surface area contributed by atoms with E-state index in [0.29, 0.717) is 6.54 Å². The van der Waals surface area contributed by atoms with Crippen molar-refractivity contribution in [2.24, 2.45) is 5.41 Å². The van der Waals surface area contributed by atoms with Crippen LogP contribution in [0.25, 0.3) is 17.3 Å². The van der Waals surface area contributed by atoms with E-state index in [4.69, 9.17) is 5.10 Å². The van der Waals surface area contributed by atoms with Crippen molar-refractivity contribution in [3.05, 3.63) is 40.9 Å². The molecule has 0 bridgehead atoms. The highest BCUT2D eigenvalue weighted by Gasteiger charge is 2.30. The van der Waals surface area contributed by atoms with E-state index in [9.17, 15) is 4.79 Å². The number of carbonyl (C=O) groups excluding carboxylic acids is 1. The third-order valence-corrected chi connectivity index (χ3v) is 4.54. The van der Waals surface area contributed by atoms with Crippen molar-refractivity contribution >= 4 is 12.0 Å². The number of fused-ring (bicyclic) bond motifs is 5. The summed E-state index contributed by atoms with van der Waals surface area (Å²) < 4.78 is 1.86. The molecule has 5 nitrogen and oxygen atoms in total. The van der Waals surface area contributed by atoms with Gasteiger partial charge in [0.2, 0.25) is 0 Å². The number of rotatable bonds is 1. The average Bonchev–Trinajstić information content (AvgIpc) is 2.92. The maximum Gasteiger partial charge on any atom is 0.269 e. The van der Waals surface area contributed by atoms with E-state index in [-0.39, 0.29) is 11.3 Å². The molecule has 1 aliphatic carbocycles. The van der Waals surface area contributed by atoms with E-state index in [2.05, 4.69) is 49.3 Å². The summed E-state index contributed by atoms with van der Waals surface area (Å²) >= 11 is 0. The lowest BCUT2D eigenvalue weighted by Crippen LogP contribution is -2.36. The van der Waals surface area contributed by atoms with Crippen LogP contribution in [-0.2, 0) is 19.4 Å². The monoisotopic (exact) mass is 322 g/mol. The lowest BCUT2D eigenvalue weighted by molar-refractivity contribution is 0.0923. The molecule has 2 aliphatic rings. The first-order valence-electron chi connectivity index (χ1n) is 8.49. The molecule has 3 heterocycles. The number of carbonyl (C=O) groups is 1. The quantitative estimate of drug-likeness (QED) is 0.878. The fourth-order valence-corrected chi connectivity index (χ4v) is 3.33. The summed E-state index contributed by atoms with van der Waals surface area (Å²) in [5.74, 6) is 0.000331. The first kappa shape index (κ1) is 15.1. The van der Waals surface area contributed by atoms with Gasteiger partial charge >= 0.3 is 0 Å². The van der Waals surface area contributed by atoms with E-state index in [1.165, 1.54) is 5.56 Å². The van der Waals surface area contributed by atoms with Crippen molar-refractivity contribution in [3.63, 3.8) is 0 Å². The molecule has 0 aromatic carbocycles. The summed E-state index contributed by atoms with van der Waals surface area (Å²) in [7, 11) is 0. The molecule has 1 amide bonds. The highest BCUT2D eigenvalue weighted by molar-refractivity contribution is 5.97. The number of pyridine rings is 1. The number of amides is 1. The van der Waals surface area contributed by atoms with Gasteiger partial charge in [-0.1, -0.05) is 26.8 Å². The molecule has 124 valence electrons. The molecule has 1 N–H and O–H groups in total. The predicted octanol–water partition coefficient (Wildman–Crippen LogP) is 2.85. The van der Waals surface area contributed by atoms with Gasteiger partial charge in [-0.25, -0.2) is 0 Å². The molecule has 0 saturated heterocycles. The van der Waals surface area contributed by atoms with Crippen LogP contribution in [0.1, 0.15) is 48.1 Å². The van der Waals surface area contributed by atoms with Crippen molar-refractivity contribution in [3.8, 4) is 11.3 Å². The van der Waals surface area contributed by atoms with E-state index >= 15 is 0 Å². The van der Waals surface area contributed by atoms with Crippen LogP contribution in [-0.4, -0.2) is 27.2 Å². The molecule has 0 radical (unpaired) electrons. The highest BCUT2D eigenvalue weighted by atomic mass is 16.2. The van der Waals surface area contributed by atoms with Crippen LogP contribution in [0.3, 0.4) is 0 Å². The number of nitrogens with one attached hydrogen (secondary N) is 1. The second-order valence-corrected chi connectivity index (χ2v) is 7.62. The lowest BCUT2D eigenvalue weighted by atomic mass is 9.89. The Bertz CT molecular complexity index is 855. The van der Waals surface area contributed by atoms with E-state index in [1.54, 1.807) is 0 Å².